The van der Waals surface area contributed by atoms with E-state index in [1.807, 2.05) is 0 Å². The number of allylic oxidation sites excluding steroid dienone is 5. The second-order valence-electron chi connectivity index (χ2n) is 3.37. The number of carbonyl (C=O) groups is 1. The van der Waals surface area contributed by atoms with Crippen molar-refractivity contribution in [3.05, 3.63) is 60.4 Å². The molecule has 0 aliphatic carbocycles. The van der Waals surface area contributed by atoms with E-state index >= 15 is 0 Å². The number of carboxylic acid groups (broad SMARTS) is 1. The van der Waals surface area contributed by atoms with E-state index in [1.54, 1.807) is 0 Å². The first-order valence-electron chi connectivity index (χ1n) is 4.97. The van der Waals surface area contributed by atoms with Crippen molar-refractivity contribution in [2.75, 3.05) is 6.54 Å². The highest BCUT2D eigenvalue weighted by Crippen LogP contribution is 2.26. The summed E-state index contributed by atoms with van der Waals surface area (Å²) in [5.74, 6) is -1.15. The Morgan fingerprint density at radius 2 is 2.06 bits per heavy atom. The second-order valence-corrected chi connectivity index (χ2v) is 4.25. The number of rotatable bonds is 4. The van der Waals surface area contributed by atoms with Crippen LogP contribution in [-0.2, 0) is 16.1 Å². The molecule has 0 radical (unpaired) electrons. The number of hydrogen-bond acceptors (Lipinski definition) is 3. The fraction of sp³-hybridized carbons (Fsp3) is 0.0833. The van der Waals surface area contributed by atoms with Crippen LogP contribution < -0.4 is 0 Å². The maximum atomic E-state index is 11.1. The number of nitrogens with zero attached hydrogens (tertiary/aromatic N) is 1. The molecule has 1 N–H and O–H groups in total. The van der Waals surface area contributed by atoms with Gasteiger partial charge in [0, 0.05) is 11.3 Å². The molecular formula is C12H12NO4S-. The molecule has 0 aromatic carbocycles. The minimum absolute atomic E-state index is 0.00601. The molecule has 0 aromatic rings. The van der Waals surface area contributed by atoms with Gasteiger partial charge in [0.2, 0.25) is 0 Å². The van der Waals surface area contributed by atoms with Crippen molar-refractivity contribution >= 4 is 17.2 Å². The fourth-order valence-corrected chi connectivity index (χ4v) is 2.08. The van der Waals surface area contributed by atoms with Crippen molar-refractivity contribution in [2.24, 2.45) is 0 Å². The molecule has 1 rings (SSSR count). The van der Waals surface area contributed by atoms with Crippen molar-refractivity contribution in [1.29, 1.82) is 0 Å². The van der Waals surface area contributed by atoms with E-state index in [9.17, 15) is 13.6 Å². The molecule has 0 amide bonds. The quantitative estimate of drug-likeness (QED) is 0.777. The first-order chi connectivity index (χ1) is 8.51. The number of carboxylic acids is 1. The van der Waals surface area contributed by atoms with Gasteiger partial charge >= 0.3 is 5.97 Å². The van der Waals surface area contributed by atoms with Gasteiger partial charge in [-0.3, -0.25) is 8.51 Å². The topological polar surface area (TPSA) is 80.7 Å². The smallest absolute Gasteiger partial charge is 0.333 e. The van der Waals surface area contributed by atoms with Crippen LogP contribution in [0.2, 0.25) is 0 Å². The van der Waals surface area contributed by atoms with Gasteiger partial charge in [-0.1, -0.05) is 31.4 Å². The summed E-state index contributed by atoms with van der Waals surface area (Å²) in [7, 11) is 0. The first kappa shape index (κ1) is 14.1. The van der Waals surface area contributed by atoms with Crippen LogP contribution >= 0.6 is 0 Å². The lowest BCUT2D eigenvalue weighted by atomic mass is 10.0. The van der Waals surface area contributed by atoms with E-state index in [2.05, 4.69) is 13.2 Å². The van der Waals surface area contributed by atoms with Crippen LogP contribution in [0.3, 0.4) is 0 Å². The average molecular weight is 266 g/mol. The SMILES string of the molecule is C=C/C=C1/C=C(C(=O)O)CN(S(=O)[O-])/C1=C/C=C. The van der Waals surface area contributed by atoms with E-state index in [4.69, 9.17) is 5.11 Å². The first-order valence-corrected chi connectivity index (χ1v) is 6.01. The molecule has 0 bridgehead atoms. The van der Waals surface area contributed by atoms with Crippen molar-refractivity contribution in [1.82, 2.24) is 4.31 Å². The lowest BCUT2D eigenvalue weighted by Gasteiger charge is -2.32. The summed E-state index contributed by atoms with van der Waals surface area (Å²) in [5.41, 5.74) is 0.814. The summed E-state index contributed by atoms with van der Waals surface area (Å²) >= 11 is -2.56. The zero-order valence-electron chi connectivity index (χ0n) is 9.54. The number of hydrogen-bond donors (Lipinski definition) is 1. The highest BCUT2D eigenvalue weighted by molar-refractivity contribution is 7.76. The lowest BCUT2D eigenvalue weighted by molar-refractivity contribution is -0.132. The van der Waals surface area contributed by atoms with E-state index in [0.29, 0.717) is 11.3 Å². The maximum absolute atomic E-state index is 11.1. The lowest BCUT2D eigenvalue weighted by Crippen LogP contribution is -2.33. The Morgan fingerprint density at radius 1 is 1.44 bits per heavy atom. The summed E-state index contributed by atoms with van der Waals surface area (Å²) in [6.45, 7) is 6.80. The van der Waals surface area contributed by atoms with Crippen LogP contribution in [0, 0.1) is 0 Å². The molecule has 0 aromatic heterocycles. The normalized spacial score (nSPS) is 21.6. The van der Waals surface area contributed by atoms with E-state index < -0.39 is 17.2 Å². The molecule has 1 aliphatic heterocycles. The summed E-state index contributed by atoms with van der Waals surface area (Å²) in [4.78, 5) is 10.9. The molecule has 1 aliphatic rings. The molecule has 18 heavy (non-hydrogen) atoms. The van der Waals surface area contributed by atoms with Crippen LogP contribution in [-0.4, -0.2) is 30.7 Å². The van der Waals surface area contributed by atoms with Crippen LogP contribution in [0.1, 0.15) is 0 Å². The van der Waals surface area contributed by atoms with E-state index in [-0.39, 0.29) is 12.1 Å². The Kier molecular flexibility index (Phi) is 4.82. The second kappa shape index (κ2) is 6.13. The van der Waals surface area contributed by atoms with Gasteiger partial charge in [-0.05, 0) is 17.7 Å². The fourth-order valence-electron chi connectivity index (χ4n) is 1.50. The summed E-state index contributed by atoms with van der Waals surface area (Å²) in [6, 6.07) is 0. The predicted octanol–water partition coefficient (Wildman–Crippen LogP) is 1.29. The van der Waals surface area contributed by atoms with E-state index in [1.165, 1.54) is 30.4 Å². The molecule has 0 fully saturated rings. The summed E-state index contributed by atoms with van der Waals surface area (Å²) in [6.07, 6.45) is 7.35. The van der Waals surface area contributed by atoms with Crippen LogP contribution in [0.15, 0.2) is 60.4 Å². The third kappa shape index (κ3) is 3.06. The van der Waals surface area contributed by atoms with Crippen molar-refractivity contribution < 1.29 is 18.7 Å². The van der Waals surface area contributed by atoms with Crippen molar-refractivity contribution in [2.45, 2.75) is 0 Å². The van der Waals surface area contributed by atoms with Gasteiger partial charge in [-0.25, -0.2) is 4.79 Å². The Morgan fingerprint density at radius 3 is 2.50 bits per heavy atom. The third-order valence-electron chi connectivity index (χ3n) is 2.24. The molecule has 0 saturated carbocycles. The highest BCUT2D eigenvalue weighted by Gasteiger charge is 2.23. The zero-order chi connectivity index (χ0) is 13.7. The number of aliphatic carboxylic acids is 1. The molecule has 0 spiro atoms. The molecule has 96 valence electrons. The summed E-state index contributed by atoms with van der Waals surface area (Å²) in [5, 5.41) is 8.95. The van der Waals surface area contributed by atoms with E-state index in [0.717, 1.165) is 4.31 Å². The monoisotopic (exact) mass is 266 g/mol. The van der Waals surface area contributed by atoms with Crippen LogP contribution in [0.25, 0.3) is 0 Å². The summed E-state index contributed by atoms with van der Waals surface area (Å²) < 4.78 is 23.2. The third-order valence-corrected chi connectivity index (χ3v) is 2.92. The van der Waals surface area contributed by atoms with Crippen LogP contribution in [0.4, 0.5) is 0 Å². The van der Waals surface area contributed by atoms with Crippen molar-refractivity contribution in [3.63, 3.8) is 0 Å². The Labute approximate surface area is 108 Å². The Hall–Kier alpha value is -1.92. The average Bonchev–Trinajstić information content (AvgIpc) is 2.30. The highest BCUT2D eigenvalue weighted by atomic mass is 32.2. The molecule has 1 heterocycles. The molecule has 1 unspecified atom stereocenters. The largest absolute Gasteiger partial charge is 0.755 e. The molecule has 0 saturated heterocycles. The van der Waals surface area contributed by atoms with Gasteiger partial charge < -0.3 is 9.66 Å². The van der Waals surface area contributed by atoms with Gasteiger partial charge in [0.25, 0.3) is 0 Å². The Balaban J connectivity index is 3.37. The zero-order valence-corrected chi connectivity index (χ0v) is 10.4. The van der Waals surface area contributed by atoms with Gasteiger partial charge in [0.05, 0.1) is 17.8 Å². The van der Waals surface area contributed by atoms with Gasteiger partial charge in [0.15, 0.2) is 0 Å². The minimum atomic E-state index is -2.56. The Bertz CT molecular complexity index is 502. The minimum Gasteiger partial charge on any atom is -0.755 e. The van der Waals surface area contributed by atoms with Crippen LogP contribution in [0.5, 0.6) is 0 Å². The van der Waals surface area contributed by atoms with Gasteiger partial charge in [-0.15, -0.1) is 0 Å². The molecule has 1 atom stereocenters. The molecular weight excluding hydrogens is 254 g/mol. The van der Waals surface area contributed by atoms with Gasteiger partial charge in [0.1, 0.15) is 0 Å². The maximum Gasteiger partial charge on any atom is 0.333 e. The van der Waals surface area contributed by atoms with Crippen molar-refractivity contribution in [3.8, 4) is 0 Å². The van der Waals surface area contributed by atoms with Gasteiger partial charge in [-0.2, -0.15) is 0 Å². The molecule has 5 nitrogen and oxygen atoms in total. The standard InChI is InChI=1S/C12H13NO4S/c1-3-5-9-7-10(12(14)15)8-13(18(16)17)11(9)6-4-2/h3-7H,1-2,8H2,(H,14,15)(H,16,17)/p-1/b9-5-,11-6+. The predicted molar refractivity (Wildman–Crippen MR) is 67.9 cm³/mol. The molecule has 6 heteroatoms.